The highest BCUT2D eigenvalue weighted by Crippen LogP contribution is 2.33. The third-order valence-electron chi connectivity index (χ3n) is 5.03. The summed E-state index contributed by atoms with van der Waals surface area (Å²) in [5.74, 6) is 1.01. The van der Waals surface area contributed by atoms with Crippen molar-refractivity contribution in [2.75, 3.05) is 44.6 Å². The van der Waals surface area contributed by atoms with Crippen molar-refractivity contribution < 1.29 is 32.2 Å². The van der Waals surface area contributed by atoms with Crippen LogP contribution >= 0.6 is 11.6 Å². The van der Waals surface area contributed by atoms with Gasteiger partial charge in [-0.1, -0.05) is 11.6 Å². The van der Waals surface area contributed by atoms with E-state index in [9.17, 15) is 13.2 Å². The zero-order valence-corrected chi connectivity index (χ0v) is 21.1. The minimum Gasteiger partial charge on any atom is -0.497 e. The first kappa shape index (κ1) is 26.0. The molecule has 1 amide bonds. The van der Waals surface area contributed by atoms with E-state index in [1.54, 1.807) is 36.4 Å². The number of rotatable bonds is 10. The molecule has 0 fully saturated rings. The maximum atomic E-state index is 13.7. The number of ether oxygens (including phenoxy) is 4. The zero-order valence-electron chi connectivity index (χ0n) is 19.6. The average Bonchev–Trinajstić information content (AvgIpc) is 2.87. The van der Waals surface area contributed by atoms with Crippen LogP contribution in [0.1, 0.15) is 0 Å². The number of amides is 1. The number of hydrogen-bond acceptors (Lipinski definition) is 7. The molecule has 0 atom stereocenters. The molecule has 3 rings (SSSR count). The van der Waals surface area contributed by atoms with Crippen molar-refractivity contribution in [3.63, 3.8) is 0 Å². The predicted octanol–water partition coefficient (Wildman–Crippen LogP) is 4.21. The van der Waals surface area contributed by atoms with Crippen LogP contribution in [0.3, 0.4) is 0 Å². The number of hydrogen-bond donors (Lipinski definition) is 1. The summed E-state index contributed by atoms with van der Waals surface area (Å²) in [4.78, 5) is 12.8. The van der Waals surface area contributed by atoms with Gasteiger partial charge in [0.2, 0.25) is 5.91 Å². The second-order valence-corrected chi connectivity index (χ2v) is 9.39. The molecule has 9 nitrogen and oxygen atoms in total. The van der Waals surface area contributed by atoms with Crippen LogP contribution in [-0.4, -0.2) is 49.3 Å². The fourth-order valence-corrected chi connectivity index (χ4v) is 4.94. The van der Waals surface area contributed by atoms with E-state index in [1.165, 1.54) is 52.7 Å². The number of carbonyl (C=O) groups is 1. The molecular formula is C24H25ClN2O7S. The van der Waals surface area contributed by atoms with Gasteiger partial charge in [-0.2, -0.15) is 0 Å². The van der Waals surface area contributed by atoms with Gasteiger partial charge < -0.3 is 24.3 Å². The Balaban J connectivity index is 1.97. The van der Waals surface area contributed by atoms with Crippen LogP contribution in [0.5, 0.6) is 23.0 Å². The molecule has 0 saturated carbocycles. The fraction of sp³-hybridized carbons (Fsp3) is 0.208. The van der Waals surface area contributed by atoms with Crippen molar-refractivity contribution >= 4 is 38.9 Å². The Labute approximate surface area is 209 Å². The summed E-state index contributed by atoms with van der Waals surface area (Å²) in [6, 6.07) is 15.2. The number of halogens is 1. The van der Waals surface area contributed by atoms with Crippen LogP contribution in [0.4, 0.5) is 11.4 Å². The molecule has 1 N–H and O–H groups in total. The van der Waals surface area contributed by atoms with Gasteiger partial charge in [-0.3, -0.25) is 9.10 Å². The van der Waals surface area contributed by atoms with E-state index in [2.05, 4.69) is 5.32 Å². The van der Waals surface area contributed by atoms with E-state index in [0.717, 1.165) is 4.31 Å². The number of nitrogens with zero attached hydrogens (tertiary/aromatic N) is 1. The van der Waals surface area contributed by atoms with E-state index in [4.69, 9.17) is 30.5 Å². The van der Waals surface area contributed by atoms with Gasteiger partial charge >= 0.3 is 0 Å². The topological polar surface area (TPSA) is 103 Å². The Hall–Kier alpha value is -3.63. The molecule has 0 spiro atoms. The summed E-state index contributed by atoms with van der Waals surface area (Å²) in [5, 5.41) is 2.97. The Morgan fingerprint density at radius 3 is 2.03 bits per heavy atom. The maximum Gasteiger partial charge on any atom is 0.264 e. The molecule has 0 saturated heterocycles. The molecular weight excluding hydrogens is 496 g/mol. The normalized spacial score (nSPS) is 10.9. The Kier molecular flexibility index (Phi) is 8.31. The molecule has 0 heterocycles. The standard InChI is InChI=1S/C24H25ClN2O7S/c1-31-18-8-6-17(7-9-18)27(15-24(28)26-16-5-11-21(32-2)20(25)13-16)35(29,30)19-10-12-22(33-3)23(14-19)34-4/h5-14H,15H2,1-4H3,(H,26,28). The summed E-state index contributed by atoms with van der Waals surface area (Å²) >= 11 is 6.13. The Morgan fingerprint density at radius 1 is 0.829 bits per heavy atom. The zero-order chi connectivity index (χ0) is 25.6. The van der Waals surface area contributed by atoms with Gasteiger partial charge in [0, 0.05) is 11.8 Å². The maximum absolute atomic E-state index is 13.7. The van der Waals surface area contributed by atoms with Crippen molar-refractivity contribution in [3.8, 4) is 23.0 Å². The molecule has 3 aromatic carbocycles. The van der Waals surface area contributed by atoms with Crippen LogP contribution in [0, 0.1) is 0 Å². The van der Waals surface area contributed by atoms with Crippen molar-refractivity contribution in [1.82, 2.24) is 0 Å². The highest BCUT2D eigenvalue weighted by molar-refractivity contribution is 7.92. The SMILES string of the molecule is COc1ccc(N(CC(=O)Nc2ccc(OC)c(Cl)c2)S(=O)(=O)c2ccc(OC)c(OC)c2)cc1. The van der Waals surface area contributed by atoms with Crippen molar-refractivity contribution in [2.45, 2.75) is 4.90 Å². The van der Waals surface area contributed by atoms with Gasteiger partial charge in [0.25, 0.3) is 10.0 Å². The van der Waals surface area contributed by atoms with E-state index in [-0.39, 0.29) is 16.3 Å². The van der Waals surface area contributed by atoms with Gasteiger partial charge in [0.15, 0.2) is 11.5 Å². The summed E-state index contributed by atoms with van der Waals surface area (Å²) in [6.45, 7) is -0.507. The number of sulfonamides is 1. The summed E-state index contributed by atoms with van der Waals surface area (Å²) in [6.07, 6.45) is 0. The largest absolute Gasteiger partial charge is 0.497 e. The monoisotopic (exact) mass is 520 g/mol. The smallest absolute Gasteiger partial charge is 0.264 e. The van der Waals surface area contributed by atoms with Gasteiger partial charge in [-0.15, -0.1) is 0 Å². The molecule has 0 aromatic heterocycles. The molecule has 0 bridgehead atoms. The first-order valence-corrected chi connectivity index (χ1v) is 12.1. The second-order valence-electron chi connectivity index (χ2n) is 7.12. The lowest BCUT2D eigenvalue weighted by Crippen LogP contribution is -2.38. The molecule has 0 aliphatic rings. The van der Waals surface area contributed by atoms with Crippen molar-refractivity contribution in [3.05, 3.63) is 65.7 Å². The first-order valence-electron chi connectivity index (χ1n) is 10.3. The first-order chi connectivity index (χ1) is 16.7. The minimum absolute atomic E-state index is 0.0775. The molecule has 0 aliphatic heterocycles. The van der Waals surface area contributed by atoms with Crippen LogP contribution in [-0.2, 0) is 14.8 Å². The van der Waals surface area contributed by atoms with Gasteiger partial charge in [-0.25, -0.2) is 8.42 Å². The van der Waals surface area contributed by atoms with Crippen LogP contribution in [0.2, 0.25) is 5.02 Å². The number of anilines is 2. The van der Waals surface area contributed by atoms with Gasteiger partial charge in [0.05, 0.1) is 44.0 Å². The average molecular weight is 521 g/mol. The highest BCUT2D eigenvalue weighted by Gasteiger charge is 2.28. The Morgan fingerprint density at radius 2 is 1.46 bits per heavy atom. The summed E-state index contributed by atoms with van der Waals surface area (Å²) < 4.78 is 49.0. The number of carbonyl (C=O) groups excluding carboxylic acids is 1. The van der Waals surface area contributed by atoms with Crippen molar-refractivity contribution in [1.29, 1.82) is 0 Å². The lowest BCUT2D eigenvalue weighted by molar-refractivity contribution is -0.114. The number of nitrogens with one attached hydrogen (secondary N) is 1. The molecule has 186 valence electrons. The van der Waals surface area contributed by atoms with Crippen LogP contribution in [0.25, 0.3) is 0 Å². The molecule has 3 aromatic rings. The minimum atomic E-state index is -4.19. The quantitative estimate of drug-likeness (QED) is 0.427. The lowest BCUT2D eigenvalue weighted by atomic mass is 10.3. The van der Waals surface area contributed by atoms with Crippen molar-refractivity contribution in [2.24, 2.45) is 0 Å². The van der Waals surface area contributed by atoms with Gasteiger partial charge in [-0.05, 0) is 54.6 Å². The third kappa shape index (κ3) is 5.90. The molecule has 0 radical (unpaired) electrons. The third-order valence-corrected chi connectivity index (χ3v) is 7.09. The van der Waals surface area contributed by atoms with E-state index in [1.807, 2.05) is 0 Å². The van der Waals surface area contributed by atoms with Crippen LogP contribution in [0.15, 0.2) is 65.6 Å². The van der Waals surface area contributed by atoms with E-state index >= 15 is 0 Å². The number of benzene rings is 3. The Bertz CT molecular complexity index is 1300. The fourth-order valence-electron chi connectivity index (χ4n) is 3.24. The summed E-state index contributed by atoms with van der Waals surface area (Å²) in [7, 11) is 1.65. The molecule has 0 unspecified atom stereocenters. The summed E-state index contributed by atoms with van der Waals surface area (Å²) in [5.41, 5.74) is 0.655. The van der Waals surface area contributed by atoms with E-state index < -0.39 is 22.5 Å². The highest BCUT2D eigenvalue weighted by atomic mass is 35.5. The van der Waals surface area contributed by atoms with Gasteiger partial charge in [0.1, 0.15) is 18.0 Å². The molecule has 0 aliphatic carbocycles. The lowest BCUT2D eigenvalue weighted by Gasteiger charge is -2.24. The number of methoxy groups -OCH3 is 4. The van der Waals surface area contributed by atoms with Crippen LogP contribution < -0.4 is 28.6 Å². The predicted molar refractivity (Wildman–Crippen MR) is 134 cm³/mol. The molecule has 35 heavy (non-hydrogen) atoms. The second kappa shape index (κ2) is 11.2. The molecule has 11 heteroatoms. The van der Waals surface area contributed by atoms with E-state index in [0.29, 0.717) is 28.0 Å².